The summed E-state index contributed by atoms with van der Waals surface area (Å²) in [5, 5.41) is 13.3. The van der Waals surface area contributed by atoms with Gasteiger partial charge in [-0.3, -0.25) is 15.4 Å². The van der Waals surface area contributed by atoms with Gasteiger partial charge < -0.3 is 10.6 Å². The molecule has 25 heavy (non-hydrogen) atoms. The summed E-state index contributed by atoms with van der Waals surface area (Å²) in [6.07, 6.45) is 2.39. The Bertz CT molecular complexity index is 791. The molecule has 6 nitrogen and oxygen atoms in total. The minimum atomic E-state index is -0.338. The molecule has 0 saturated carbocycles. The van der Waals surface area contributed by atoms with Gasteiger partial charge in [-0.25, -0.2) is 4.98 Å². The second-order valence-electron chi connectivity index (χ2n) is 6.01. The second-order valence-corrected chi connectivity index (χ2v) is 6.37. The van der Waals surface area contributed by atoms with Crippen LogP contribution in [0, 0.1) is 0 Å². The van der Waals surface area contributed by atoms with Gasteiger partial charge in [-0.05, 0) is 50.5 Å². The largest absolute Gasteiger partial charge is 0.322 e. The molecule has 1 aliphatic carbocycles. The normalized spacial score (nSPS) is 18.0. The predicted molar refractivity (Wildman–Crippen MR) is 99.9 cm³/mol. The molecule has 3 rings (SSSR count). The molecule has 4 N–H and O–H groups in total. The lowest BCUT2D eigenvalue weighted by Gasteiger charge is -2.30. The zero-order chi connectivity index (χ0) is 18.0. The molecule has 1 unspecified atom stereocenters. The predicted octanol–water partition coefficient (Wildman–Crippen LogP) is 2.24. The van der Waals surface area contributed by atoms with Crippen LogP contribution < -0.4 is 21.3 Å². The summed E-state index contributed by atoms with van der Waals surface area (Å²) in [6.45, 7) is 0. The fraction of sp³-hybridized carbons (Fsp3) is 0.333. The fourth-order valence-electron chi connectivity index (χ4n) is 3.53. The number of halogens is 1. The molecule has 132 valence electrons. The van der Waals surface area contributed by atoms with Crippen LogP contribution in [0.2, 0.25) is 5.15 Å². The SMILES string of the molecule is CNC1CC(NC)(NC)c2cccc(NC(=O)c3cccnc3Cl)c21. The molecule has 0 aliphatic heterocycles. The van der Waals surface area contributed by atoms with Gasteiger partial charge in [0.1, 0.15) is 5.15 Å². The number of amides is 1. The number of carbonyl (C=O) groups excluding carboxylic acids is 1. The zero-order valence-electron chi connectivity index (χ0n) is 14.5. The van der Waals surface area contributed by atoms with E-state index in [2.05, 4.69) is 32.3 Å². The van der Waals surface area contributed by atoms with Crippen LogP contribution in [0.1, 0.15) is 33.9 Å². The maximum absolute atomic E-state index is 12.6. The first kappa shape index (κ1) is 17.8. The van der Waals surface area contributed by atoms with Gasteiger partial charge in [0.15, 0.2) is 0 Å². The monoisotopic (exact) mass is 359 g/mol. The van der Waals surface area contributed by atoms with E-state index in [9.17, 15) is 4.79 Å². The molecule has 7 heteroatoms. The first-order valence-corrected chi connectivity index (χ1v) is 8.54. The number of rotatable bonds is 5. The molecule has 1 aliphatic rings. The third-order valence-corrected chi connectivity index (χ3v) is 5.18. The second kappa shape index (κ2) is 7.09. The van der Waals surface area contributed by atoms with E-state index < -0.39 is 0 Å². The van der Waals surface area contributed by atoms with Gasteiger partial charge in [0.2, 0.25) is 0 Å². The van der Waals surface area contributed by atoms with Crippen LogP contribution in [0.3, 0.4) is 0 Å². The molecular weight excluding hydrogens is 338 g/mol. The highest BCUT2D eigenvalue weighted by Crippen LogP contribution is 2.44. The van der Waals surface area contributed by atoms with Crippen molar-refractivity contribution in [1.29, 1.82) is 0 Å². The van der Waals surface area contributed by atoms with E-state index in [0.717, 1.165) is 23.2 Å². The molecule has 1 amide bonds. The van der Waals surface area contributed by atoms with Gasteiger partial charge in [0.05, 0.1) is 11.2 Å². The molecule has 0 fully saturated rings. The minimum Gasteiger partial charge on any atom is -0.322 e. The van der Waals surface area contributed by atoms with Crippen molar-refractivity contribution in [3.63, 3.8) is 0 Å². The number of nitrogens with zero attached hydrogens (tertiary/aromatic N) is 1. The number of aromatic nitrogens is 1. The molecule has 0 radical (unpaired) electrons. The van der Waals surface area contributed by atoms with Gasteiger partial charge in [-0.15, -0.1) is 0 Å². The van der Waals surface area contributed by atoms with E-state index in [1.54, 1.807) is 18.3 Å². The number of anilines is 1. The van der Waals surface area contributed by atoms with E-state index in [1.807, 2.05) is 33.3 Å². The van der Waals surface area contributed by atoms with Crippen molar-refractivity contribution < 1.29 is 4.79 Å². The van der Waals surface area contributed by atoms with Crippen LogP contribution in [-0.2, 0) is 5.66 Å². The molecule has 1 heterocycles. The average Bonchev–Trinajstić information content (AvgIpc) is 2.97. The molecular formula is C18H22ClN5O. The lowest BCUT2D eigenvalue weighted by atomic mass is 10.0. The van der Waals surface area contributed by atoms with Gasteiger partial charge in [0.25, 0.3) is 5.91 Å². The van der Waals surface area contributed by atoms with Crippen LogP contribution in [0.4, 0.5) is 5.69 Å². The number of benzene rings is 1. The Hall–Kier alpha value is -1.99. The number of carbonyl (C=O) groups is 1. The van der Waals surface area contributed by atoms with Crippen molar-refractivity contribution in [2.45, 2.75) is 18.1 Å². The first-order chi connectivity index (χ1) is 12.1. The van der Waals surface area contributed by atoms with Crippen LogP contribution >= 0.6 is 11.6 Å². The fourth-order valence-corrected chi connectivity index (χ4v) is 3.74. The third-order valence-electron chi connectivity index (χ3n) is 4.88. The molecule has 1 aromatic carbocycles. The molecule has 0 bridgehead atoms. The highest BCUT2D eigenvalue weighted by molar-refractivity contribution is 6.33. The molecule has 1 atom stereocenters. The van der Waals surface area contributed by atoms with Crippen LogP contribution in [0.15, 0.2) is 36.5 Å². The van der Waals surface area contributed by atoms with E-state index in [-0.39, 0.29) is 22.8 Å². The average molecular weight is 360 g/mol. The number of nitrogens with one attached hydrogen (secondary N) is 4. The highest BCUT2D eigenvalue weighted by atomic mass is 35.5. The van der Waals surface area contributed by atoms with Crippen molar-refractivity contribution in [1.82, 2.24) is 20.9 Å². The Morgan fingerprint density at radius 3 is 2.60 bits per heavy atom. The minimum absolute atomic E-state index is 0.107. The Morgan fingerprint density at radius 2 is 1.96 bits per heavy atom. The van der Waals surface area contributed by atoms with E-state index >= 15 is 0 Å². The summed E-state index contributed by atoms with van der Waals surface area (Å²) in [5.74, 6) is -0.271. The highest BCUT2D eigenvalue weighted by Gasteiger charge is 2.42. The summed E-state index contributed by atoms with van der Waals surface area (Å²) in [6, 6.07) is 9.39. The first-order valence-electron chi connectivity index (χ1n) is 8.16. The van der Waals surface area contributed by atoms with E-state index in [4.69, 9.17) is 11.6 Å². The summed E-state index contributed by atoms with van der Waals surface area (Å²) >= 11 is 6.04. The topological polar surface area (TPSA) is 78.1 Å². The molecule has 0 saturated heterocycles. The van der Waals surface area contributed by atoms with Gasteiger partial charge in [-0.1, -0.05) is 23.7 Å². The Kier molecular flexibility index (Phi) is 5.06. The maximum Gasteiger partial charge on any atom is 0.258 e. The van der Waals surface area contributed by atoms with Crippen LogP contribution in [-0.4, -0.2) is 32.0 Å². The van der Waals surface area contributed by atoms with Crippen LogP contribution in [0.5, 0.6) is 0 Å². The Morgan fingerprint density at radius 1 is 1.20 bits per heavy atom. The van der Waals surface area contributed by atoms with E-state index in [1.165, 1.54) is 0 Å². The smallest absolute Gasteiger partial charge is 0.258 e. The van der Waals surface area contributed by atoms with E-state index in [0.29, 0.717) is 5.56 Å². The summed E-state index contributed by atoms with van der Waals surface area (Å²) in [5.41, 5.74) is 2.98. The van der Waals surface area contributed by atoms with Gasteiger partial charge in [0, 0.05) is 24.3 Å². The quantitative estimate of drug-likeness (QED) is 0.486. The third kappa shape index (κ3) is 3.02. The summed E-state index contributed by atoms with van der Waals surface area (Å²) < 4.78 is 0. The van der Waals surface area contributed by atoms with Crippen molar-refractivity contribution in [3.05, 3.63) is 58.4 Å². The number of hydrogen-bond acceptors (Lipinski definition) is 5. The Balaban J connectivity index is 2.01. The van der Waals surface area contributed by atoms with Gasteiger partial charge in [-0.2, -0.15) is 0 Å². The number of fused-ring (bicyclic) bond motifs is 1. The van der Waals surface area contributed by atoms with Crippen molar-refractivity contribution in [2.75, 3.05) is 26.5 Å². The maximum atomic E-state index is 12.6. The lowest BCUT2D eigenvalue weighted by molar-refractivity contribution is 0.102. The van der Waals surface area contributed by atoms with Gasteiger partial charge >= 0.3 is 0 Å². The summed E-state index contributed by atoms with van der Waals surface area (Å²) in [4.78, 5) is 16.6. The number of pyridine rings is 1. The van der Waals surface area contributed by atoms with Crippen molar-refractivity contribution in [3.8, 4) is 0 Å². The molecule has 1 aromatic heterocycles. The molecule has 2 aromatic rings. The van der Waals surface area contributed by atoms with Crippen molar-refractivity contribution >= 4 is 23.2 Å². The standard InChI is InChI=1S/C18H22ClN5O/c1-20-14-10-18(21-2,22-3)12-7-4-8-13(15(12)14)24-17(25)11-6-5-9-23-16(11)19/h4-9,14,20-22H,10H2,1-3H3,(H,24,25). The number of hydrogen-bond donors (Lipinski definition) is 4. The Labute approximate surface area is 152 Å². The molecule has 0 spiro atoms. The summed E-state index contributed by atoms with van der Waals surface area (Å²) in [7, 11) is 5.78. The lowest BCUT2D eigenvalue weighted by Crippen LogP contribution is -2.49. The van der Waals surface area contributed by atoms with Crippen LogP contribution in [0.25, 0.3) is 0 Å². The van der Waals surface area contributed by atoms with Crippen molar-refractivity contribution in [2.24, 2.45) is 0 Å². The zero-order valence-corrected chi connectivity index (χ0v) is 15.2.